The number of hydrogen-bond acceptors (Lipinski definition) is 5. The van der Waals surface area contributed by atoms with Crippen LogP contribution in [0, 0.1) is 6.92 Å². The third-order valence-electron chi connectivity index (χ3n) is 2.71. The van der Waals surface area contributed by atoms with E-state index in [4.69, 9.17) is 5.73 Å². The molecule has 0 spiro atoms. The Hall–Kier alpha value is -2.76. The highest BCUT2D eigenvalue weighted by atomic mass is 15.6. The van der Waals surface area contributed by atoms with Crippen molar-refractivity contribution >= 4 is 5.69 Å². The fourth-order valence-electron chi connectivity index (χ4n) is 1.81. The standard InChI is InChI=1S/C13H12N6/c1-9-7-11(14)8-15-13(9)19-17-12(16-18-19)10-5-3-2-4-6-10/h2-8H,14H2,1H3. The van der Waals surface area contributed by atoms with Crippen LogP contribution in [0.5, 0.6) is 0 Å². The maximum Gasteiger partial charge on any atom is 0.205 e. The fraction of sp³-hybridized carbons (Fsp3) is 0.0769. The summed E-state index contributed by atoms with van der Waals surface area (Å²) < 4.78 is 0. The Morgan fingerprint density at radius 3 is 2.68 bits per heavy atom. The average molecular weight is 252 g/mol. The Labute approximate surface area is 109 Å². The van der Waals surface area contributed by atoms with Crippen LogP contribution in [0.4, 0.5) is 5.69 Å². The number of nitrogens with zero attached hydrogens (tertiary/aromatic N) is 5. The lowest BCUT2D eigenvalue weighted by Crippen LogP contribution is -2.05. The maximum absolute atomic E-state index is 5.67. The predicted octanol–water partition coefficient (Wildman–Crippen LogP) is 1.61. The van der Waals surface area contributed by atoms with Crippen molar-refractivity contribution in [1.29, 1.82) is 0 Å². The first-order chi connectivity index (χ1) is 9.24. The molecule has 0 saturated carbocycles. The monoisotopic (exact) mass is 252 g/mol. The molecule has 0 unspecified atom stereocenters. The molecule has 0 aliphatic heterocycles. The second kappa shape index (κ2) is 4.49. The van der Waals surface area contributed by atoms with E-state index < -0.39 is 0 Å². The molecule has 0 aliphatic carbocycles. The highest BCUT2D eigenvalue weighted by molar-refractivity contribution is 5.53. The van der Waals surface area contributed by atoms with Crippen molar-refractivity contribution in [2.45, 2.75) is 6.92 Å². The first-order valence-corrected chi connectivity index (χ1v) is 5.82. The number of aromatic nitrogens is 5. The molecule has 6 heteroatoms. The second-order valence-electron chi connectivity index (χ2n) is 4.18. The van der Waals surface area contributed by atoms with Crippen molar-refractivity contribution in [3.8, 4) is 17.2 Å². The number of anilines is 1. The zero-order valence-corrected chi connectivity index (χ0v) is 10.4. The molecule has 2 heterocycles. The Bertz CT molecular complexity index is 704. The van der Waals surface area contributed by atoms with Crippen molar-refractivity contribution in [3.63, 3.8) is 0 Å². The molecule has 0 bridgehead atoms. The summed E-state index contributed by atoms with van der Waals surface area (Å²) in [5.74, 6) is 1.20. The van der Waals surface area contributed by atoms with Crippen LogP contribution < -0.4 is 5.73 Å². The first kappa shape index (κ1) is 11.3. The zero-order valence-electron chi connectivity index (χ0n) is 10.4. The van der Waals surface area contributed by atoms with Gasteiger partial charge >= 0.3 is 0 Å². The Kier molecular flexibility index (Phi) is 2.68. The van der Waals surface area contributed by atoms with Crippen LogP contribution in [0.15, 0.2) is 42.6 Å². The van der Waals surface area contributed by atoms with Gasteiger partial charge in [-0.15, -0.1) is 15.0 Å². The van der Waals surface area contributed by atoms with Crippen LogP contribution in [0.3, 0.4) is 0 Å². The molecule has 3 rings (SSSR count). The second-order valence-corrected chi connectivity index (χ2v) is 4.18. The minimum Gasteiger partial charge on any atom is -0.397 e. The van der Waals surface area contributed by atoms with Crippen molar-refractivity contribution < 1.29 is 0 Å². The van der Waals surface area contributed by atoms with E-state index in [1.807, 2.05) is 43.3 Å². The van der Waals surface area contributed by atoms with Crippen LogP contribution in [-0.2, 0) is 0 Å². The van der Waals surface area contributed by atoms with Crippen molar-refractivity contribution in [3.05, 3.63) is 48.2 Å². The molecular weight excluding hydrogens is 240 g/mol. The third kappa shape index (κ3) is 2.15. The SMILES string of the molecule is Cc1cc(N)cnc1-n1nnc(-c2ccccc2)n1. The van der Waals surface area contributed by atoms with Crippen molar-refractivity contribution in [2.75, 3.05) is 5.73 Å². The van der Waals surface area contributed by atoms with Gasteiger partial charge in [-0.1, -0.05) is 30.3 Å². The summed E-state index contributed by atoms with van der Waals surface area (Å²) >= 11 is 0. The maximum atomic E-state index is 5.67. The largest absolute Gasteiger partial charge is 0.397 e. The van der Waals surface area contributed by atoms with Gasteiger partial charge in [0.1, 0.15) is 0 Å². The average Bonchev–Trinajstić information content (AvgIpc) is 2.89. The van der Waals surface area contributed by atoms with Crippen LogP contribution in [-0.4, -0.2) is 25.2 Å². The number of rotatable bonds is 2. The van der Waals surface area contributed by atoms with E-state index in [1.165, 1.54) is 4.80 Å². The van der Waals surface area contributed by atoms with Gasteiger partial charge in [-0.3, -0.25) is 0 Å². The topological polar surface area (TPSA) is 82.5 Å². The van der Waals surface area contributed by atoms with Gasteiger partial charge in [0.25, 0.3) is 0 Å². The van der Waals surface area contributed by atoms with Crippen LogP contribution in [0.1, 0.15) is 5.56 Å². The number of nitrogens with two attached hydrogens (primary N) is 1. The van der Waals surface area contributed by atoms with E-state index in [9.17, 15) is 0 Å². The fourth-order valence-corrected chi connectivity index (χ4v) is 1.81. The number of pyridine rings is 1. The molecule has 6 nitrogen and oxygen atoms in total. The molecule has 2 N–H and O–H groups in total. The number of benzene rings is 1. The quantitative estimate of drug-likeness (QED) is 0.749. The summed E-state index contributed by atoms with van der Waals surface area (Å²) in [5.41, 5.74) is 8.11. The first-order valence-electron chi connectivity index (χ1n) is 5.82. The van der Waals surface area contributed by atoms with Crippen molar-refractivity contribution in [2.24, 2.45) is 0 Å². The summed E-state index contributed by atoms with van der Waals surface area (Å²) in [5, 5.41) is 12.4. The normalized spacial score (nSPS) is 10.6. The summed E-state index contributed by atoms with van der Waals surface area (Å²) in [7, 11) is 0. The zero-order chi connectivity index (χ0) is 13.2. The van der Waals surface area contributed by atoms with Gasteiger partial charge in [0, 0.05) is 5.56 Å². The van der Waals surface area contributed by atoms with Crippen LogP contribution in [0.25, 0.3) is 17.2 Å². The minimum absolute atomic E-state index is 0.568. The van der Waals surface area contributed by atoms with Gasteiger partial charge in [-0.2, -0.15) is 0 Å². The van der Waals surface area contributed by atoms with Gasteiger partial charge < -0.3 is 5.73 Å². The number of tetrazole rings is 1. The molecule has 0 saturated heterocycles. The van der Waals surface area contributed by atoms with E-state index in [1.54, 1.807) is 6.20 Å². The Balaban J connectivity index is 2.02. The van der Waals surface area contributed by atoms with Crippen molar-refractivity contribution in [1.82, 2.24) is 25.2 Å². The molecular formula is C13H12N6. The van der Waals surface area contributed by atoms with E-state index in [2.05, 4.69) is 20.4 Å². The Morgan fingerprint density at radius 1 is 1.16 bits per heavy atom. The molecule has 2 aromatic heterocycles. The third-order valence-corrected chi connectivity index (χ3v) is 2.71. The van der Waals surface area contributed by atoms with E-state index in [0.29, 0.717) is 17.3 Å². The van der Waals surface area contributed by atoms with Gasteiger partial charge in [0.05, 0.1) is 11.9 Å². The molecule has 94 valence electrons. The molecule has 0 atom stereocenters. The smallest absolute Gasteiger partial charge is 0.205 e. The lowest BCUT2D eigenvalue weighted by atomic mass is 10.2. The molecule has 1 aromatic carbocycles. The molecule has 19 heavy (non-hydrogen) atoms. The Morgan fingerprint density at radius 2 is 1.95 bits per heavy atom. The summed E-state index contributed by atoms with van der Waals surface area (Å²) in [6, 6.07) is 11.5. The van der Waals surface area contributed by atoms with E-state index >= 15 is 0 Å². The predicted molar refractivity (Wildman–Crippen MR) is 71.5 cm³/mol. The van der Waals surface area contributed by atoms with Gasteiger partial charge in [0.15, 0.2) is 5.82 Å². The van der Waals surface area contributed by atoms with E-state index in [0.717, 1.165) is 11.1 Å². The lowest BCUT2D eigenvalue weighted by Gasteiger charge is -2.02. The van der Waals surface area contributed by atoms with Crippen LogP contribution in [0.2, 0.25) is 0 Å². The van der Waals surface area contributed by atoms with Gasteiger partial charge in [-0.25, -0.2) is 4.98 Å². The lowest BCUT2D eigenvalue weighted by molar-refractivity contribution is 0.696. The molecule has 0 radical (unpaired) electrons. The van der Waals surface area contributed by atoms with Gasteiger partial charge in [-0.05, 0) is 23.8 Å². The summed E-state index contributed by atoms with van der Waals surface area (Å²) in [4.78, 5) is 5.64. The molecule has 0 amide bonds. The van der Waals surface area contributed by atoms with Gasteiger partial charge in [0.2, 0.25) is 5.82 Å². The van der Waals surface area contributed by atoms with E-state index in [-0.39, 0.29) is 0 Å². The highest BCUT2D eigenvalue weighted by Gasteiger charge is 2.09. The summed E-state index contributed by atoms with van der Waals surface area (Å²) in [6.07, 6.45) is 1.58. The number of aryl methyl sites for hydroxylation is 1. The highest BCUT2D eigenvalue weighted by Crippen LogP contribution is 2.15. The number of nitrogen functional groups attached to an aromatic ring is 1. The molecule has 3 aromatic rings. The van der Waals surface area contributed by atoms with Crippen LogP contribution >= 0.6 is 0 Å². The molecule has 0 fully saturated rings. The summed E-state index contributed by atoms with van der Waals surface area (Å²) in [6.45, 7) is 1.91. The molecule has 0 aliphatic rings. The minimum atomic E-state index is 0.568. The number of hydrogen-bond donors (Lipinski definition) is 1.